The maximum Gasteiger partial charge on any atom is 0.0693 e. The largest absolute Gasteiger partial charge is 0.395 e. The molecule has 1 rings (SSSR count). The molecule has 0 aromatic carbocycles. The van der Waals surface area contributed by atoms with E-state index in [0.717, 1.165) is 19.3 Å². The highest BCUT2D eigenvalue weighted by Crippen LogP contribution is 2.18. The van der Waals surface area contributed by atoms with Crippen molar-refractivity contribution in [3.05, 3.63) is 0 Å². The van der Waals surface area contributed by atoms with Gasteiger partial charge in [0.1, 0.15) is 0 Å². The van der Waals surface area contributed by atoms with Gasteiger partial charge < -0.3 is 15.5 Å². The first-order valence-electron chi connectivity index (χ1n) is 4.79. The maximum atomic E-state index is 9.57. The minimum absolute atomic E-state index is 0.0998. The molecular formula is C9H19NO2. The van der Waals surface area contributed by atoms with Crippen molar-refractivity contribution >= 4 is 0 Å². The van der Waals surface area contributed by atoms with Crippen molar-refractivity contribution in [2.24, 2.45) is 0 Å². The van der Waals surface area contributed by atoms with Crippen LogP contribution in [0.25, 0.3) is 0 Å². The van der Waals surface area contributed by atoms with Crippen LogP contribution < -0.4 is 5.32 Å². The van der Waals surface area contributed by atoms with Gasteiger partial charge in [-0.1, -0.05) is 12.8 Å². The van der Waals surface area contributed by atoms with E-state index in [1.807, 2.05) is 6.92 Å². The van der Waals surface area contributed by atoms with E-state index < -0.39 is 0 Å². The molecule has 3 N–H and O–H groups in total. The summed E-state index contributed by atoms with van der Waals surface area (Å²) in [4.78, 5) is 0. The molecule has 1 aliphatic rings. The summed E-state index contributed by atoms with van der Waals surface area (Å²) in [6, 6.07) is 0.295. The third-order valence-corrected chi connectivity index (χ3v) is 2.50. The van der Waals surface area contributed by atoms with Gasteiger partial charge >= 0.3 is 0 Å². The van der Waals surface area contributed by atoms with Crippen LogP contribution in [0.15, 0.2) is 0 Å². The molecule has 12 heavy (non-hydrogen) atoms. The van der Waals surface area contributed by atoms with Crippen LogP contribution in [0, 0.1) is 0 Å². The van der Waals surface area contributed by atoms with Gasteiger partial charge in [0, 0.05) is 12.1 Å². The molecule has 72 valence electrons. The van der Waals surface area contributed by atoms with Crippen molar-refractivity contribution < 1.29 is 10.2 Å². The van der Waals surface area contributed by atoms with Crippen LogP contribution in [0.2, 0.25) is 0 Å². The summed E-state index contributed by atoms with van der Waals surface area (Å²) >= 11 is 0. The van der Waals surface area contributed by atoms with Gasteiger partial charge in [0.05, 0.1) is 12.7 Å². The van der Waals surface area contributed by atoms with Crippen molar-refractivity contribution in [2.75, 3.05) is 6.61 Å². The molecule has 0 amide bonds. The topological polar surface area (TPSA) is 52.5 Å². The highest BCUT2D eigenvalue weighted by atomic mass is 16.3. The lowest BCUT2D eigenvalue weighted by molar-refractivity contribution is 0.0803. The fourth-order valence-corrected chi connectivity index (χ4v) is 1.72. The van der Waals surface area contributed by atoms with Crippen LogP contribution in [-0.4, -0.2) is 35.0 Å². The summed E-state index contributed by atoms with van der Waals surface area (Å²) in [5, 5.41) is 21.6. The Balaban J connectivity index is 2.28. The number of aliphatic hydroxyl groups is 2. The van der Waals surface area contributed by atoms with Gasteiger partial charge in [-0.3, -0.25) is 0 Å². The molecule has 3 heteroatoms. The molecule has 0 aromatic rings. The second-order valence-corrected chi connectivity index (χ2v) is 3.71. The Morgan fingerprint density at radius 3 is 2.67 bits per heavy atom. The first kappa shape index (κ1) is 9.96. The Morgan fingerprint density at radius 2 is 2.08 bits per heavy atom. The van der Waals surface area contributed by atoms with E-state index in [4.69, 9.17) is 5.11 Å². The molecule has 0 aromatic heterocycles. The SMILES string of the molecule is CC(CO)NC1CCCCC1O. The predicted octanol–water partition coefficient (Wildman–Crippen LogP) is 0.260. The lowest BCUT2D eigenvalue weighted by Crippen LogP contribution is -2.47. The first-order chi connectivity index (χ1) is 5.74. The van der Waals surface area contributed by atoms with Crippen LogP contribution in [0.4, 0.5) is 0 Å². The quantitative estimate of drug-likeness (QED) is 0.574. The first-order valence-corrected chi connectivity index (χ1v) is 4.79. The standard InChI is InChI=1S/C9H19NO2/c1-7(6-11)10-8-4-2-3-5-9(8)12/h7-12H,2-6H2,1H3. The molecule has 0 bridgehead atoms. The van der Waals surface area contributed by atoms with Crippen LogP contribution in [-0.2, 0) is 0 Å². The Kier molecular flexibility index (Phi) is 3.98. The number of hydrogen-bond donors (Lipinski definition) is 3. The number of rotatable bonds is 3. The van der Waals surface area contributed by atoms with E-state index in [9.17, 15) is 5.11 Å². The third kappa shape index (κ3) is 2.73. The van der Waals surface area contributed by atoms with Crippen LogP contribution in [0.1, 0.15) is 32.6 Å². The van der Waals surface area contributed by atoms with Gasteiger partial charge in [-0.25, -0.2) is 0 Å². The fraction of sp³-hybridized carbons (Fsp3) is 1.00. The average molecular weight is 173 g/mol. The second-order valence-electron chi connectivity index (χ2n) is 3.71. The Bertz CT molecular complexity index is 130. The maximum absolute atomic E-state index is 9.57. The van der Waals surface area contributed by atoms with Crippen molar-refractivity contribution in [1.29, 1.82) is 0 Å². The van der Waals surface area contributed by atoms with Crippen LogP contribution in [0.5, 0.6) is 0 Å². The van der Waals surface area contributed by atoms with Gasteiger partial charge in [0.2, 0.25) is 0 Å². The van der Waals surface area contributed by atoms with Crippen LogP contribution >= 0.6 is 0 Å². The van der Waals surface area contributed by atoms with E-state index in [2.05, 4.69) is 5.32 Å². The van der Waals surface area contributed by atoms with Gasteiger partial charge in [-0.05, 0) is 19.8 Å². The van der Waals surface area contributed by atoms with Gasteiger partial charge in [-0.15, -0.1) is 0 Å². The molecule has 1 saturated carbocycles. The summed E-state index contributed by atoms with van der Waals surface area (Å²) < 4.78 is 0. The zero-order chi connectivity index (χ0) is 8.97. The molecule has 0 aliphatic heterocycles. The fourth-order valence-electron chi connectivity index (χ4n) is 1.72. The van der Waals surface area contributed by atoms with Crippen LogP contribution in [0.3, 0.4) is 0 Å². The summed E-state index contributed by atoms with van der Waals surface area (Å²) in [7, 11) is 0. The summed E-state index contributed by atoms with van der Waals surface area (Å²) in [6.07, 6.45) is 4.04. The molecule has 1 aliphatic carbocycles. The van der Waals surface area contributed by atoms with Gasteiger partial charge in [0.25, 0.3) is 0 Å². The van der Waals surface area contributed by atoms with E-state index in [0.29, 0.717) is 0 Å². The Labute approximate surface area is 73.8 Å². The monoisotopic (exact) mass is 173 g/mol. The minimum Gasteiger partial charge on any atom is -0.395 e. The Morgan fingerprint density at radius 1 is 1.42 bits per heavy atom. The van der Waals surface area contributed by atoms with E-state index in [1.165, 1.54) is 6.42 Å². The number of hydrogen-bond acceptors (Lipinski definition) is 3. The zero-order valence-corrected chi connectivity index (χ0v) is 7.66. The molecule has 3 nitrogen and oxygen atoms in total. The Hall–Kier alpha value is -0.120. The highest BCUT2D eigenvalue weighted by Gasteiger charge is 2.23. The lowest BCUT2D eigenvalue weighted by Gasteiger charge is -2.30. The van der Waals surface area contributed by atoms with Gasteiger partial charge in [0.15, 0.2) is 0 Å². The molecule has 0 saturated heterocycles. The van der Waals surface area contributed by atoms with Crippen molar-refractivity contribution in [3.8, 4) is 0 Å². The van der Waals surface area contributed by atoms with E-state index in [-0.39, 0.29) is 24.8 Å². The van der Waals surface area contributed by atoms with Crippen molar-refractivity contribution in [3.63, 3.8) is 0 Å². The predicted molar refractivity (Wildman–Crippen MR) is 47.9 cm³/mol. The second kappa shape index (κ2) is 4.80. The molecule has 3 atom stereocenters. The normalized spacial score (nSPS) is 33.2. The number of nitrogens with one attached hydrogen (secondary N) is 1. The van der Waals surface area contributed by atoms with E-state index >= 15 is 0 Å². The molecular weight excluding hydrogens is 154 g/mol. The lowest BCUT2D eigenvalue weighted by atomic mass is 9.92. The average Bonchev–Trinajstić information content (AvgIpc) is 2.09. The van der Waals surface area contributed by atoms with Crippen molar-refractivity contribution in [2.45, 2.75) is 50.8 Å². The molecule has 0 spiro atoms. The molecule has 0 radical (unpaired) electrons. The third-order valence-electron chi connectivity index (χ3n) is 2.50. The van der Waals surface area contributed by atoms with Crippen molar-refractivity contribution in [1.82, 2.24) is 5.32 Å². The molecule has 0 heterocycles. The molecule has 3 unspecified atom stereocenters. The summed E-state index contributed by atoms with van der Waals surface area (Å²) in [6.45, 7) is 2.07. The molecule has 1 fully saturated rings. The van der Waals surface area contributed by atoms with E-state index in [1.54, 1.807) is 0 Å². The number of aliphatic hydroxyl groups excluding tert-OH is 2. The smallest absolute Gasteiger partial charge is 0.0693 e. The zero-order valence-electron chi connectivity index (χ0n) is 7.66. The summed E-state index contributed by atoms with van der Waals surface area (Å²) in [5.41, 5.74) is 0. The van der Waals surface area contributed by atoms with Gasteiger partial charge in [-0.2, -0.15) is 0 Å². The highest BCUT2D eigenvalue weighted by molar-refractivity contribution is 4.82. The minimum atomic E-state index is -0.215. The summed E-state index contributed by atoms with van der Waals surface area (Å²) in [5.74, 6) is 0.